The molecule has 118 valence electrons. The van der Waals surface area contributed by atoms with E-state index in [9.17, 15) is 0 Å². The van der Waals surface area contributed by atoms with Crippen molar-refractivity contribution in [3.8, 4) is 0 Å². The molecule has 1 unspecified atom stereocenters. The van der Waals surface area contributed by atoms with Gasteiger partial charge in [0, 0.05) is 29.2 Å². The maximum Gasteiger partial charge on any atom is 0.0452 e. The van der Waals surface area contributed by atoms with E-state index in [1.54, 1.807) is 0 Å². The van der Waals surface area contributed by atoms with Crippen molar-refractivity contribution in [1.82, 2.24) is 10.2 Å². The van der Waals surface area contributed by atoms with Gasteiger partial charge in [0.05, 0.1) is 0 Å². The van der Waals surface area contributed by atoms with Crippen LogP contribution in [-0.2, 0) is 6.54 Å². The lowest BCUT2D eigenvalue weighted by Gasteiger charge is -2.36. The molecule has 2 nitrogen and oxygen atoms in total. The molecule has 1 aromatic carbocycles. The van der Waals surface area contributed by atoms with Gasteiger partial charge in [-0.3, -0.25) is 4.90 Å². The summed E-state index contributed by atoms with van der Waals surface area (Å²) in [5.41, 5.74) is 1.14. The Hall–Kier alpha value is -0.280. The summed E-state index contributed by atoms with van der Waals surface area (Å²) in [5.74, 6) is 0.699. The van der Waals surface area contributed by atoms with Crippen molar-refractivity contribution < 1.29 is 0 Å². The van der Waals surface area contributed by atoms with Crippen molar-refractivity contribution in [1.29, 1.82) is 0 Å². The van der Waals surface area contributed by atoms with Crippen molar-refractivity contribution in [2.75, 3.05) is 19.6 Å². The van der Waals surface area contributed by atoms with E-state index in [0.29, 0.717) is 12.0 Å². The van der Waals surface area contributed by atoms with Gasteiger partial charge in [-0.25, -0.2) is 0 Å². The Morgan fingerprint density at radius 1 is 1.29 bits per heavy atom. The predicted molar refractivity (Wildman–Crippen MR) is 92.2 cm³/mol. The molecule has 0 aromatic heterocycles. The van der Waals surface area contributed by atoms with Gasteiger partial charge in [0.1, 0.15) is 0 Å². The van der Waals surface area contributed by atoms with Gasteiger partial charge in [-0.05, 0) is 55.6 Å². The van der Waals surface area contributed by atoms with Gasteiger partial charge in [-0.15, -0.1) is 0 Å². The van der Waals surface area contributed by atoms with Gasteiger partial charge < -0.3 is 5.32 Å². The van der Waals surface area contributed by atoms with Crippen LogP contribution < -0.4 is 5.32 Å². The number of benzene rings is 1. The molecule has 4 heteroatoms. The molecule has 0 saturated carbocycles. The van der Waals surface area contributed by atoms with Gasteiger partial charge in [0.25, 0.3) is 0 Å². The lowest BCUT2D eigenvalue weighted by atomic mass is 10.0. The fourth-order valence-electron chi connectivity index (χ4n) is 2.92. The highest BCUT2D eigenvalue weighted by atomic mass is 35.5. The van der Waals surface area contributed by atoms with Crippen LogP contribution in [0.3, 0.4) is 0 Å². The maximum absolute atomic E-state index is 6.31. The first kappa shape index (κ1) is 17.1. The Balaban J connectivity index is 1.96. The third-order valence-corrected chi connectivity index (χ3v) is 4.67. The minimum absolute atomic E-state index is 0.604. The number of halogens is 2. The molecule has 1 heterocycles. The van der Waals surface area contributed by atoms with E-state index >= 15 is 0 Å². The molecular formula is C17H26Cl2N2. The smallest absolute Gasteiger partial charge is 0.0452 e. The summed E-state index contributed by atoms with van der Waals surface area (Å²) < 4.78 is 0. The number of hydrogen-bond acceptors (Lipinski definition) is 2. The Labute approximate surface area is 138 Å². The first-order valence-electron chi connectivity index (χ1n) is 7.95. The van der Waals surface area contributed by atoms with Crippen molar-refractivity contribution in [2.24, 2.45) is 5.92 Å². The molecule has 1 N–H and O–H groups in total. The van der Waals surface area contributed by atoms with Crippen molar-refractivity contribution in [2.45, 2.75) is 45.7 Å². The zero-order valence-electron chi connectivity index (χ0n) is 13.0. The fourth-order valence-corrected chi connectivity index (χ4v) is 3.29. The quantitative estimate of drug-likeness (QED) is 0.821. The molecule has 0 bridgehead atoms. The van der Waals surface area contributed by atoms with Crippen LogP contribution in [0, 0.1) is 5.92 Å². The van der Waals surface area contributed by atoms with Gasteiger partial charge >= 0.3 is 0 Å². The molecule has 0 amide bonds. The summed E-state index contributed by atoms with van der Waals surface area (Å²) >= 11 is 12.4. The van der Waals surface area contributed by atoms with E-state index < -0.39 is 0 Å². The Bertz CT molecular complexity index is 448. The molecular weight excluding hydrogens is 303 g/mol. The third kappa shape index (κ3) is 5.45. The van der Waals surface area contributed by atoms with Crippen LogP contribution in [0.5, 0.6) is 0 Å². The highest BCUT2D eigenvalue weighted by Crippen LogP contribution is 2.25. The van der Waals surface area contributed by atoms with Crippen LogP contribution in [0.15, 0.2) is 18.2 Å². The molecule has 21 heavy (non-hydrogen) atoms. The molecule has 0 aliphatic carbocycles. The second kappa shape index (κ2) is 8.38. The van der Waals surface area contributed by atoms with Gasteiger partial charge in [0.2, 0.25) is 0 Å². The summed E-state index contributed by atoms with van der Waals surface area (Å²) in [5, 5.41) is 5.18. The normalized spacial score (nSPS) is 20.1. The average molecular weight is 329 g/mol. The first-order valence-corrected chi connectivity index (χ1v) is 8.70. The Kier molecular flexibility index (Phi) is 6.81. The Morgan fingerprint density at radius 2 is 2.10 bits per heavy atom. The van der Waals surface area contributed by atoms with E-state index in [2.05, 4.69) is 24.1 Å². The monoisotopic (exact) mass is 328 g/mol. The van der Waals surface area contributed by atoms with Crippen molar-refractivity contribution in [3.63, 3.8) is 0 Å². The predicted octanol–water partition coefficient (Wildman–Crippen LogP) is 4.59. The molecule has 1 saturated heterocycles. The van der Waals surface area contributed by atoms with Crippen molar-refractivity contribution in [3.05, 3.63) is 33.8 Å². The van der Waals surface area contributed by atoms with Crippen LogP contribution >= 0.6 is 23.2 Å². The van der Waals surface area contributed by atoms with E-state index in [-0.39, 0.29) is 0 Å². The maximum atomic E-state index is 6.31. The van der Waals surface area contributed by atoms with Crippen LogP contribution in [0.2, 0.25) is 10.0 Å². The summed E-state index contributed by atoms with van der Waals surface area (Å²) in [6.45, 7) is 8.69. The van der Waals surface area contributed by atoms with Gasteiger partial charge in [0.15, 0.2) is 0 Å². The zero-order valence-corrected chi connectivity index (χ0v) is 14.6. The minimum Gasteiger partial charge on any atom is -0.315 e. The number of piperidine rings is 1. The lowest BCUT2D eigenvalue weighted by Crippen LogP contribution is -2.45. The standard InChI is InChI=1S/C17H26Cl2N2/c1-13(2)10-20-11-16-5-3-4-8-21(16)12-14-9-15(18)6-7-17(14)19/h6-7,9,13,16,20H,3-5,8,10-12H2,1-2H3. The molecule has 0 spiro atoms. The SMILES string of the molecule is CC(C)CNCC1CCCCN1Cc1cc(Cl)ccc1Cl. The number of rotatable bonds is 6. The van der Waals surface area contributed by atoms with Crippen LogP contribution in [0.4, 0.5) is 0 Å². The first-order chi connectivity index (χ1) is 10.1. The number of nitrogens with zero attached hydrogens (tertiary/aromatic N) is 1. The fraction of sp³-hybridized carbons (Fsp3) is 0.647. The lowest BCUT2D eigenvalue weighted by molar-refractivity contribution is 0.137. The van der Waals surface area contributed by atoms with Crippen LogP contribution in [0.25, 0.3) is 0 Å². The summed E-state index contributed by atoms with van der Waals surface area (Å²) in [6, 6.07) is 6.35. The van der Waals surface area contributed by atoms with Crippen molar-refractivity contribution >= 4 is 23.2 Å². The second-order valence-electron chi connectivity index (χ2n) is 6.41. The molecule has 1 atom stereocenters. The largest absolute Gasteiger partial charge is 0.315 e. The van der Waals surface area contributed by atoms with E-state index in [1.807, 2.05) is 18.2 Å². The summed E-state index contributed by atoms with van der Waals surface area (Å²) in [7, 11) is 0. The van der Waals surface area contributed by atoms with Crippen LogP contribution in [-0.4, -0.2) is 30.6 Å². The topological polar surface area (TPSA) is 15.3 Å². The van der Waals surface area contributed by atoms with E-state index in [4.69, 9.17) is 23.2 Å². The highest BCUT2D eigenvalue weighted by Gasteiger charge is 2.22. The van der Waals surface area contributed by atoms with Crippen LogP contribution in [0.1, 0.15) is 38.7 Å². The van der Waals surface area contributed by atoms with E-state index in [0.717, 1.165) is 41.8 Å². The van der Waals surface area contributed by atoms with Gasteiger partial charge in [-0.1, -0.05) is 43.5 Å². The molecule has 2 rings (SSSR count). The average Bonchev–Trinajstić information content (AvgIpc) is 2.44. The molecule has 1 aromatic rings. The number of nitrogens with one attached hydrogen (secondary N) is 1. The molecule has 1 aliphatic rings. The van der Waals surface area contributed by atoms with E-state index in [1.165, 1.54) is 19.3 Å². The number of hydrogen-bond donors (Lipinski definition) is 1. The minimum atomic E-state index is 0.604. The summed E-state index contributed by atoms with van der Waals surface area (Å²) in [4.78, 5) is 2.55. The second-order valence-corrected chi connectivity index (χ2v) is 7.25. The van der Waals surface area contributed by atoms with Gasteiger partial charge in [-0.2, -0.15) is 0 Å². The zero-order chi connectivity index (χ0) is 15.2. The Morgan fingerprint density at radius 3 is 2.86 bits per heavy atom. The third-order valence-electron chi connectivity index (χ3n) is 4.06. The highest BCUT2D eigenvalue weighted by molar-refractivity contribution is 6.33. The number of likely N-dealkylation sites (tertiary alicyclic amines) is 1. The molecule has 1 aliphatic heterocycles. The molecule has 1 fully saturated rings. The molecule has 0 radical (unpaired) electrons. The summed E-state index contributed by atoms with van der Waals surface area (Å²) in [6.07, 6.45) is 3.87.